The highest BCUT2D eigenvalue weighted by Crippen LogP contribution is 2.49. The Kier molecular flexibility index (Phi) is 5.87. The van der Waals surface area contributed by atoms with Crippen molar-refractivity contribution in [1.29, 1.82) is 0 Å². The number of nitrogens with zero attached hydrogens (tertiary/aromatic N) is 2. The van der Waals surface area contributed by atoms with Gasteiger partial charge in [0.2, 0.25) is 0 Å². The Hall–Kier alpha value is -4.58. The summed E-state index contributed by atoms with van der Waals surface area (Å²) in [7, 11) is 5.33. The standard InChI is InChI=1S/C32H27FN2O3/c1-34-27-11-7-6-10-25(27)29(30(34)26-18-22(37-2)16-17-28(26)38-3)31-23-8-4-5-9-24(23)32(36)35(31)19-20-12-14-21(33)15-13-20/h4-18,31H,19H2,1-3H3/t31-/m1/s1. The molecule has 0 radical (unpaired) electrons. The number of ether oxygens (including phenoxy) is 2. The molecule has 5 aromatic rings. The fraction of sp³-hybridized carbons (Fsp3) is 0.156. The number of hydrogen-bond acceptors (Lipinski definition) is 3. The first-order valence-corrected chi connectivity index (χ1v) is 12.5. The van der Waals surface area contributed by atoms with Crippen LogP contribution in [0.25, 0.3) is 22.2 Å². The van der Waals surface area contributed by atoms with Crippen molar-refractivity contribution in [1.82, 2.24) is 9.47 Å². The van der Waals surface area contributed by atoms with Crippen molar-refractivity contribution >= 4 is 16.8 Å². The molecule has 1 atom stereocenters. The Morgan fingerprint density at radius 2 is 1.58 bits per heavy atom. The minimum Gasteiger partial charge on any atom is -0.497 e. The number of halogens is 1. The van der Waals surface area contributed by atoms with E-state index in [0.717, 1.165) is 38.9 Å². The lowest BCUT2D eigenvalue weighted by atomic mass is 9.92. The molecule has 0 spiro atoms. The number of rotatable bonds is 6. The van der Waals surface area contributed by atoms with Crippen molar-refractivity contribution in [3.63, 3.8) is 0 Å². The van der Waals surface area contributed by atoms with Gasteiger partial charge in [-0.1, -0.05) is 48.5 Å². The minimum absolute atomic E-state index is 0.0496. The molecular formula is C32H27FN2O3. The van der Waals surface area contributed by atoms with Crippen LogP contribution in [0.1, 0.15) is 33.1 Å². The Balaban J connectivity index is 1.65. The average molecular weight is 507 g/mol. The summed E-state index contributed by atoms with van der Waals surface area (Å²) in [6.07, 6.45) is 0. The van der Waals surface area contributed by atoms with Gasteiger partial charge in [-0.2, -0.15) is 0 Å². The van der Waals surface area contributed by atoms with Gasteiger partial charge >= 0.3 is 0 Å². The van der Waals surface area contributed by atoms with Crippen molar-refractivity contribution in [3.8, 4) is 22.8 Å². The number of carbonyl (C=O) groups excluding carboxylic acids is 1. The van der Waals surface area contributed by atoms with E-state index in [2.05, 4.69) is 16.7 Å². The molecule has 5 nitrogen and oxygen atoms in total. The molecule has 0 saturated heterocycles. The molecule has 1 amide bonds. The zero-order valence-corrected chi connectivity index (χ0v) is 21.4. The van der Waals surface area contributed by atoms with Gasteiger partial charge in [-0.15, -0.1) is 0 Å². The van der Waals surface area contributed by atoms with Gasteiger partial charge in [0.15, 0.2) is 0 Å². The Labute approximate surface area is 220 Å². The van der Waals surface area contributed by atoms with Crippen LogP contribution in [0, 0.1) is 5.82 Å². The smallest absolute Gasteiger partial charge is 0.255 e. The Morgan fingerprint density at radius 3 is 2.34 bits per heavy atom. The van der Waals surface area contributed by atoms with Crippen LogP contribution in [0.5, 0.6) is 11.5 Å². The monoisotopic (exact) mass is 506 g/mol. The molecule has 6 rings (SSSR count). The summed E-state index contributed by atoms with van der Waals surface area (Å²) in [5.74, 6) is 1.07. The summed E-state index contributed by atoms with van der Waals surface area (Å²) in [5, 5.41) is 1.05. The van der Waals surface area contributed by atoms with Gasteiger partial charge in [0.25, 0.3) is 5.91 Å². The fourth-order valence-electron chi connectivity index (χ4n) is 5.66. The van der Waals surface area contributed by atoms with Gasteiger partial charge in [-0.05, 0) is 53.6 Å². The number of aryl methyl sites for hydroxylation is 1. The number of benzene rings is 4. The number of para-hydroxylation sites is 1. The van der Waals surface area contributed by atoms with Gasteiger partial charge < -0.3 is 18.9 Å². The van der Waals surface area contributed by atoms with Crippen LogP contribution in [0.4, 0.5) is 4.39 Å². The molecule has 6 heteroatoms. The maximum atomic E-state index is 13.9. The van der Waals surface area contributed by atoms with Crippen molar-refractivity contribution in [2.75, 3.05) is 14.2 Å². The van der Waals surface area contributed by atoms with Crippen molar-refractivity contribution < 1.29 is 18.7 Å². The minimum atomic E-state index is -0.360. The third-order valence-electron chi connectivity index (χ3n) is 7.41. The number of hydrogen-bond donors (Lipinski definition) is 0. The second-order valence-corrected chi connectivity index (χ2v) is 9.45. The zero-order chi connectivity index (χ0) is 26.4. The van der Waals surface area contributed by atoms with Crippen LogP contribution in [-0.2, 0) is 13.6 Å². The van der Waals surface area contributed by atoms with Crippen LogP contribution < -0.4 is 9.47 Å². The zero-order valence-electron chi connectivity index (χ0n) is 21.4. The van der Waals surface area contributed by atoms with Crippen molar-refractivity contribution in [3.05, 3.63) is 119 Å². The SMILES string of the molecule is COc1ccc(OC)c(-c2c([C@H]3c4ccccc4C(=O)N3Cc3ccc(F)cc3)c3ccccc3n2C)c1. The predicted molar refractivity (Wildman–Crippen MR) is 146 cm³/mol. The number of carbonyl (C=O) groups is 1. The highest BCUT2D eigenvalue weighted by atomic mass is 19.1. The molecule has 1 aliphatic rings. The van der Waals surface area contributed by atoms with Crippen LogP contribution in [0.15, 0.2) is 91.0 Å². The lowest BCUT2D eigenvalue weighted by Gasteiger charge is -2.27. The lowest BCUT2D eigenvalue weighted by molar-refractivity contribution is 0.0737. The Morgan fingerprint density at radius 1 is 0.842 bits per heavy atom. The molecule has 0 fully saturated rings. The van der Waals surface area contributed by atoms with E-state index < -0.39 is 0 Å². The van der Waals surface area contributed by atoms with Gasteiger partial charge in [0, 0.05) is 41.2 Å². The lowest BCUT2D eigenvalue weighted by Crippen LogP contribution is -2.28. The molecule has 0 unspecified atom stereocenters. The van der Waals surface area contributed by atoms with Crippen LogP contribution >= 0.6 is 0 Å². The largest absolute Gasteiger partial charge is 0.497 e. The third-order valence-corrected chi connectivity index (χ3v) is 7.41. The molecule has 38 heavy (non-hydrogen) atoms. The molecule has 1 aromatic heterocycles. The second kappa shape index (κ2) is 9.38. The Bertz CT molecular complexity index is 1670. The van der Waals surface area contributed by atoms with Gasteiger partial charge in [0.1, 0.15) is 17.3 Å². The molecule has 0 bridgehead atoms. The molecule has 0 N–H and O–H groups in total. The molecule has 4 aromatic carbocycles. The van der Waals surface area contributed by atoms with E-state index in [-0.39, 0.29) is 17.8 Å². The van der Waals surface area contributed by atoms with E-state index in [0.29, 0.717) is 23.6 Å². The topological polar surface area (TPSA) is 43.7 Å². The van der Waals surface area contributed by atoms with E-state index in [9.17, 15) is 9.18 Å². The van der Waals surface area contributed by atoms with E-state index in [1.54, 1.807) is 26.4 Å². The van der Waals surface area contributed by atoms with Gasteiger partial charge in [-0.3, -0.25) is 4.79 Å². The first-order chi connectivity index (χ1) is 18.5. The second-order valence-electron chi connectivity index (χ2n) is 9.45. The van der Waals surface area contributed by atoms with Crippen molar-refractivity contribution in [2.45, 2.75) is 12.6 Å². The van der Waals surface area contributed by atoms with E-state index >= 15 is 0 Å². The summed E-state index contributed by atoms with van der Waals surface area (Å²) >= 11 is 0. The number of fused-ring (bicyclic) bond motifs is 2. The van der Waals surface area contributed by atoms with E-state index in [1.807, 2.05) is 66.5 Å². The fourth-order valence-corrected chi connectivity index (χ4v) is 5.66. The van der Waals surface area contributed by atoms with Crippen LogP contribution in [-0.4, -0.2) is 29.6 Å². The van der Waals surface area contributed by atoms with Crippen LogP contribution in [0.3, 0.4) is 0 Å². The number of methoxy groups -OCH3 is 2. The maximum absolute atomic E-state index is 13.9. The molecule has 0 aliphatic carbocycles. The van der Waals surface area contributed by atoms with Crippen LogP contribution in [0.2, 0.25) is 0 Å². The highest BCUT2D eigenvalue weighted by molar-refractivity contribution is 6.02. The molecular weight excluding hydrogens is 479 g/mol. The molecule has 0 saturated carbocycles. The average Bonchev–Trinajstić information content (AvgIpc) is 3.39. The molecule has 1 aliphatic heterocycles. The highest BCUT2D eigenvalue weighted by Gasteiger charge is 2.41. The maximum Gasteiger partial charge on any atom is 0.255 e. The number of amides is 1. The summed E-state index contributed by atoms with van der Waals surface area (Å²) in [6.45, 7) is 0.344. The number of aromatic nitrogens is 1. The normalized spacial score (nSPS) is 14.7. The third kappa shape index (κ3) is 3.72. The van der Waals surface area contributed by atoms with Crippen molar-refractivity contribution in [2.24, 2.45) is 7.05 Å². The van der Waals surface area contributed by atoms with Gasteiger partial charge in [0.05, 0.1) is 26.0 Å². The summed E-state index contributed by atoms with van der Waals surface area (Å²) in [4.78, 5) is 15.8. The quantitative estimate of drug-likeness (QED) is 0.256. The first-order valence-electron chi connectivity index (χ1n) is 12.5. The van der Waals surface area contributed by atoms with E-state index in [1.165, 1.54) is 12.1 Å². The summed E-state index contributed by atoms with van der Waals surface area (Å²) < 4.78 is 27.2. The van der Waals surface area contributed by atoms with Gasteiger partial charge in [-0.25, -0.2) is 4.39 Å². The summed E-state index contributed by atoms with van der Waals surface area (Å²) in [5.41, 5.74) is 6.35. The summed E-state index contributed by atoms with van der Waals surface area (Å²) in [6, 6.07) is 27.7. The first kappa shape index (κ1) is 23.8. The van der Waals surface area contributed by atoms with E-state index in [4.69, 9.17) is 9.47 Å². The predicted octanol–water partition coefficient (Wildman–Crippen LogP) is 6.75. The molecule has 190 valence electrons. The molecule has 2 heterocycles.